The Hall–Kier alpha value is -2.47. The lowest BCUT2D eigenvalue weighted by Gasteiger charge is -2.30. The largest absolute Gasteiger partial charge is 0.391 e. The number of aliphatic hydroxyl groups excluding tert-OH is 1. The molecule has 6 heteroatoms. The molecule has 1 amide bonds. The molecule has 132 valence electrons. The molecule has 0 spiro atoms. The molecule has 2 aromatic rings. The molecule has 2 N–H and O–H groups in total. The van der Waals surface area contributed by atoms with Crippen LogP contribution in [0.5, 0.6) is 0 Å². The Morgan fingerprint density at radius 1 is 1.24 bits per heavy atom. The van der Waals surface area contributed by atoms with Gasteiger partial charge >= 0.3 is 0 Å². The van der Waals surface area contributed by atoms with Crippen molar-refractivity contribution in [2.75, 3.05) is 18.4 Å². The molecule has 0 aromatic heterocycles. The average molecular weight is 346 g/mol. The molecule has 1 unspecified atom stereocenters. The number of amides is 1. The molecule has 1 aliphatic rings. The van der Waals surface area contributed by atoms with E-state index in [1.165, 1.54) is 12.1 Å². The number of halogens is 2. The standard InChI is InChI=1S/C19H20F2N2O2/c20-14-8-7-13(17(21)10-14)11-22-18-6-2-1-5-16(18)19(25)23-9-3-4-15(24)12-23/h1-2,5-8,10,15,22,24H,3-4,9,11-12H2. The van der Waals surface area contributed by atoms with Gasteiger partial charge in [0.05, 0.1) is 11.7 Å². The van der Waals surface area contributed by atoms with Crippen molar-refractivity contribution in [3.63, 3.8) is 0 Å². The molecule has 25 heavy (non-hydrogen) atoms. The van der Waals surface area contributed by atoms with Gasteiger partial charge in [-0.3, -0.25) is 4.79 Å². The second-order valence-electron chi connectivity index (χ2n) is 6.18. The third-order valence-electron chi connectivity index (χ3n) is 4.33. The third-order valence-corrected chi connectivity index (χ3v) is 4.33. The molecule has 1 aliphatic heterocycles. The number of hydrogen-bond donors (Lipinski definition) is 2. The van der Waals surface area contributed by atoms with E-state index in [0.717, 1.165) is 12.5 Å². The summed E-state index contributed by atoms with van der Waals surface area (Å²) in [4.78, 5) is 14.4. The zero-order chi connectivity index (χ0) is 17.8. The van der Waals surface area contributed by atoms with Crippen LogP contribution in [-0.2, 0) is 6.54 Å². The van der Waals surface area contributed by atoms with Gasteiger partial charge in [-0.2, -0.15) is 0 Å². The van der Waals surface area contributed by atoms with Gasteiger partial charge in [0.15, 0.2) is 0 Å². The van der Waals surface area contributed by atoms with Crippen molar-refractivity contribution >= 4 is 11.6 Å². The number of aliphatic hydroxyl groups is 1. The Bertz CT molecular complexity index is 767. The van der Waals surface area contributed by atoms with Crippen LogP contribution in [0.15, 0.2) is 42.5 Å². The first-order valence-corrected chi connectivity index (χ1v) is 8.29. The summed E-state index contributed by atoms with van der Waals surface area (Å²) in [6.07, 6.45) is 0.975. The number of likely N-dealkylation sites (tertiary alicyclic amines) is 1. The molecular formula is C19H20F2N2O2. The highest BCUT2D eigenvalue weighted by Crippen LogP contribution is 2.21. The Labute approximate surface area is 145 Å². The zero-order valence-electron chi connectivity index (χ0n) is 13.7. The number of nitrogens with zero attached hydrogens (tertiary/aromatic N) is 1. The van der Waals surface area contributed by atoms with Crippen LogP contribution >= 0.6 is 0 Å². The molecule has 0 radical (unpaired) electrons. The average Bonchev–Trinajstić information content (AvgIpc) is 2.61. The molecular weight excluding hydrogens is 326 g/mol. The van der Waals surface area contributed by atoms with E-state index in [1.807, 2.05) is 0 Å². The van der Waals surface area contributed by atoms with Crippen molar-refractivity contribution in [1.82, 2.24) is 4.90 Å². The topological polar surface area (TPSA) is 52.6 Å². The minimum absolute atomic E-state index is 0.138. The first-order chi connectivity index (χ1) is 12.0. The number of β-amino-alcohol motifs (C(OH)–C–C–N with tert-alkyl or cyclic N) is 1. The number of carbonyl (C=O) groups excluding carboxylic acids is 1. The van der Waals surface area contributed by atoms with Gasteiger partial charge in [-0.25, -0.2) is 8.78 Å². The van der Waals surface area contributed by atoms with Gasteiger partial charge < -0.3 is 15.3 Å². The minimum atomic E-state index is -0.629. The second-order valence-corrected chi connectivity index (χ2v) is 6.18. The molecule has 1 saturated heterocycles. The van der Waals surface area contributed by atoms with Gasteiger partial charge in [0.25, 0.3) is 5.91 Å². The fraction of sp³-hybridized carbons (Fsp3) is 0.316. The van der Waals surface area contributed by atoms with Crippen LogP contribution in [0.4, 0.5) is 14.5 Å². The summed E-state index contributed by atoms with van der Waals surface area (Å²) in [6, 6.07) is 10.4. The van der Waals surface area contributed by atoms with Crippen molar-refractivity contribution < 1.29 is 18.7 Å². The summed E-state index contributed by atoms with van der Waals surface area (Å²) in [5.41, 5.74) is 1.37. The van der Waals surface area contributed by atoms with E-state index in [-0.39, 0.29) is 12.5 Å². The van der Waals surface area contributed by atoms with E-state index in [4.69, 9.17) is 0 Å². The lowest BCUT2D eigenvalue weighted by molar-refractivity contribution is 0.0474. The fourth-order valence-corrected chi connectivity index (χ4v) is 2.99. The van der Waals surface area contributed by atoms with E-state index in [2.05, 4.69) is 5.32 Å². The Morgan fingerprint density at radius 2 is 2.04 bits per heavy atom. The van der Waals surface area contributed by atoms with Crippen LogP contribution < -0.4 is 5.32 Å². The minimum Gasteiger partial charge on any atom is -0.391 e. The summed E-state index contributed by atoms with van der Waals surface area (Å²) >= 11 is 0. The fourth-order valence-electron chi connectivity index (χ4n) is 2.99. The normalized spacial score (nSPS) is 17.4. The highest BCUT2D eigenvalue weighted by molar-refractivity contribution is 5.99. The van der Waals surface area contributed by atoms with Gasteiger partial charge in [0.2, 0.25) is 0 Å². The highest BCUT2D eigenvalue weighted by atomic mass is 19.1. The zero-order valence-corrected chi connectivity index (χ0v) is 13.7. The molecule has 4 nitrogen and oxygen atoms in total. The van der Waals surface area contributed by atoms with Gasteiger partial charge in [-0.1, -0.05) is 18.2 Å². The molecule has 3 rings (SSSR count). The van der Waals surface area contributed by atoms with Crippen molar-refractivity contribution in [1.29, 1.82) is 0 Å². The van der Waals surface area contributed by atoms with Crippen LogP contribution in [-0.4, -0.2) is 35.1 Å². The van der Waals surface area contributed by atoms with Crippen molar-refractivity contribution in [3.8, 4) is 0 Å². The number of piperidine rings is 1. The monoisotopic (exact) mass is 346 g/mol. The number of rotatable bonds is 4. The van der Waals surface area contributed by atoms with E-state index in [1.54, 1.807) is 29.2 Å². The quantitative estimate of drug-likeness (QED) is 0.894. The first kappa shape index (κ1) is 17.4. The summed E-state index contributed by atoms with van der Waals surface area (Å²) < 4.78 is 26.8. The first-order valence-electron chi connectivity index (χ1n) is 8.29. The van der Waals surface area contributed by atoms with Gasteiger partial charge in [-0.15, -0.1) is 0 Å². The van der Waals surface area contributed by atoms with E-state index in [9.17, 15) is 18.7 Å². The predicted octanol–water partition coefficient (Wildman–Crippen LogP) is 3.17. The van der Waals surface area contributed by atoms with Gasteiger partial charge in [0, 0.05) is 37.0 Å². The smallest absolute Gasteiger partial charge is 0.256 e. The van der Waals surface area contributed by atoms with Crippen molar-refractivity contribution in [2.24, 2.45) is 0 Å². The Balaban J connectivity index is 1.75. The molecule has 0 saturated carbocycles. The van der Waals surface area contributed by atoms with Crippen LogP contribution in [0.2, 0.25) is 0 Å². The van der Waals surface area contributed by atoms with Crippen molar-refractivity contribution in [3.05, 3.63) is 65.2 Å². The summed E-state index contributed by atoms with van der Waals surface area (Å²) in [7, 11) is 0. The summed E-state index contributed by atoms with van der Waals surface area (Å²) in [6.45, 7) is 1.07. The number of nitrogens with one attached hydrogen (secondary N) is 1. The predicted molar refractivity (Wildman–Crippen MR) is 91.3 cm³/mol. The summed E-state index contributed by atoms with van der Waals surface area (Å²) in [5, 5.41) is 12.8. The van der Waals surface area contributed by atoms with Crippen LogP contribution in [0.3, 0.4) is 0 Å². The third kappa shape index (κ3) is 4.14. The highest BCUT2D eigenvalue weighted by Gasteiger charge is 2.24. The Kier molecular flexibility index (Phi) is 5.28. The molecule has 1 heterocycles. The SMILES string of the molecule is O=C(c1ccccc1NCc1ccc(F)cc1F)N1CCCC(O)C1. The number of hydrogen-bond acceptors (Lipinski definition) is 3. The molecule has 0 bridgehead atoms. The molecule has 0 aliphatic carbocycles. The Morgan fingerprint density at radius 3 is 2.80 bits per heavy atom. The summed E-state index contributed by atoms with van der Waals surface area (Å²) in [5.74, 6) is -1.42. The molecule has 1 fully saturated rings. The van der Waals surface area contributed by atoms with Gasteiger partial charge in [-0.05, 0) is 31.0 Å². The van der Waals surface area contributed by atoms with E-state index in [0.29, 0.717) is 36.3 Å². The lowest BCUT2D eigenvalue weighted by atomic mass is 10.1. The number of para-hydroxylation sites is 1. The molecule has 1 atom stereocenters. The van der Waals surface area contributed by atoms with Gasteiger partial charge in [0.1, 0.15) is 11.6 Å². The number of benzene rings is 2. The van der Waals surface area contributed by atoms with E-state index < -0.39 is 17.7 Å². The van der Waals surface area contributed by atoms with Crippen LogP contribution in [0, 0.1) is 11.6 Å². The van der Waals surface area contributed by atoms with Crippen molar-refractivity contribution in [2.45, 2.75) is 25.5 Å². The number of anilines is 1. The maximum Gasteiger partial charge on any atom is 0.256 e. The number of carbonyl (C=O) groups is 1. The maximum absolute atomic E-state index is 13.8. The second kappa shape index (κ2) is 7.61. The maximum atomic E-state index is 13.8. The van der Waals surface area contributed by atoms with Crippen LogP contribution in [0.25, 0.3) is 0 Å². The molecule has 2 aromatic carbocycles. The lowest BCUT2D eigenvalue weighted by Crippen LogP contribution is -2.42. The van der Waals surface area contributed by atoms with E-state index >= 15 is 0 Å². The van der Waals surface area contributed by atoms with Crippen LogP contribution in [0.1, 0.15) is 28.8 Å².